The molecular weight excluding hydrogens is 346 g/mol. The fourth-order valence-corrected chi connectivity index (χ4v) is 3.83. The fourth-order valence-electron chi connectivity index (χ4n) is 3.83. The molecule has 0 atom stereocenters. The lowest BCUT2D eigenvalue weighted by Crippen LogP contribution is -2.21. The summed E-state index contributed by atoms with van der Waals surface area (Å²) in [6.45, 7) is 0. The Labute approximate surface area is 164 Å². The molecule has 0 unspecified atom stereocenters. The maximum absolute atomic E-state index is 11.9. The van der Waals surface area contributed by atoms with Gasteiger partial charge >= 0.3 is 0 Å². The van der Waals surface area contributed by atoms with Gasteiger partial charge in [0.1, 0.15) is 0 Å². The molecule has 2 aliphatic rings. The summed E-state index contributed by atoms with van der Waals surface area (Å²) >= 11 is 0. The van der Waals surface area contributed by atoms with Gasteiger partial charge in [-0.15, -0.1) is 0 Å². The van der Waals surface area contributed by atoms with Crippen molar-refractivity contribution in [3.63, 3.8) is 0 Å². The molecule has 0 bridgehead atoms. The zero-order valence-electron chi connectivity index (χ0n) is 15.7. The average molecular weight is 367 g/mol. The van der Waals surface area contributed by atoms with Crippen molar-refractivity contribution in [1.82, 2.24) is 5.32 Å². The Bertz CT molecular complexity index is 1080. The highest BCUT2D eigenvalue weighted by molar-refractivity contribution is 6.19. The number of amides is 1. The van der Waals surface area contributed by atoms with E-state index in [2.05, 4.69) is 52.7 Å². The van der Waals surface area contributed by atoms with Crippen molar-refractivity contribution in [2.75, 3.05) is 11.9 Å². The lowest BCUT2D eigenvalue weighted by Gasteiger charge is -2.26. The monoisotopic (exact) mass is 367 g/mol. The Hall–Kier alpha value is -3.40. The topological polar surface area (TPSA) is 44.7 Å². The van der Waals surface area contributed by atoms with Crippen molar-refractivity contribution in [1.29, 1.82) is 0 Å². The average Bonchev–Trinajstić information content (AvgIpc) is 3.59. The van der Waals surface area contributed by atoms with Crippen molar-refractivity contribution < 1.29 is 4.79 Å². The molecule has 0 radical (unpaired) electrons. The van der Waals surface area contributed by atoms with Crippen LogP contribution < -0.4 is 10.2 Å². The number of rotatable bonds is 3. The summed E-state index contributed by atoms with van der Waals surface area (Å²) in [5, 5.41) is 2.67. The molecule has 3 aromatic carbocycles. The Morgan fingerprint density at radius 1 is 0.929 bits per heavy atom. The van der Waals surface area contributed by atoms with Crippen LogP contribution in [-0.2, 0) is 0 Å². The fraction of sp³-hybridized carbons (Fsp3) is 0.167. The minimum atomic E-state index is -0.0833. The van der Waals surface area contributed by atoms with Gasteiger partial charge in [0.15, 0.2) is 0 Å². The molecule has 138 valence electrons. The molecule has 0 aromatic heterocycles. The van der Waals surface area contributed by atoms with Gasteiger partial charge in [-0.1, -0.05) is 42.5 Å². The number of benzene rings is 3. The van der Waals surface area contributed by atoms with Gasteiger partial charge in [0.2, 0.25) is 0 Å². The third-order valence-corrected chi connectivity index (χ3v) is 5.35. The molecule has 28 heavy (non-hydrogen) atoms. The molecule has 4 heteroatoms. The lowest BCUT2D eigenvalue weighted by molar-refractivity contribution is 0.0963. The first-order valence-electron chi connectivity index (χ1n) is 9.65. The van der Waals surface area contributed by atoms with E-state index in [1.807, 2.05) is 30.3 Å². The second-order valence-corrected chi connectivity index (χ2v) is 7.22. The summed E-state index contributed by atoms with van der Waals surface area (Å²) in [6.07, 6.45) is 2.41. The summed E-state index contributed by atoms with van der Waals surface area (Å²) in [4.78, 5) is 19.4. The zero-order valence-corrected chi connectivity index (χ0v) is 15.7. The van der Waals surface area contributed by atoms with Crippen LogP contribution in [0.15, 0.2) is 77.8 Å². The van der Waals surface area contributed by atoms with E-state index >= 15 is 0 Å². The normalized spacial score (nSPS) is 15.2. The van der Waals surface area contributed by atoms with Gasteiger partial charge in [-0.25, -0.2) is 4.99 Å². The van der Waals surface area contributed by atoms with E-state index in [-0.39, 0.29) is 5.91 Å². The first kappa shape index (κ1) is 16.8. The van der Waals surface area contributed by atoms with E-state index in [4.69, 9.17) is 4.99 Å². The Morgan fingerprint density at radius 3 is 2.32 bits per heavy atom. The largest absolute Gasteiger partial charge is 0.355 e. The minimum absolute atomic E-state index is 0.0833. The summed E-state index contributed by atoms with van der Waals surface area (Å²) in [6, 6.07) is 25.0. The second kappa shape index (κ2) is 6.64. The SMILES string of the molecule is CNC(=O)c1ccc(C2=Nc3ccccc3N(C3CC3)c3ccccc32)cc1. The van der Waals surface area contributed by atoms with Crippen LogP contribution in [0.3, 0.4) is 0 Å². The van der Waals surface area contributed by atoms with Gasteiger partial charge < -0.3 is 10.2 Å². The Balaban J connectivity index is 1.70. The predicted molar refractivity (Wildman–Crippen MR) is 113 cm³/mol. The highest BCUT2D eigenvalue weighted by Gasteiger charge is 2.34. The summed E-state index contributed by atoms with van der Waals surface area (Å²) < 4.78 is 0. The molecule has 1 saturated carbocycles. The van der Waals surface area contributed by atoms with Crippen LogP contribution in [0.4, 0.5) is 17.1 Å². The molecule has 1 heterocycles. The van der Waals surface area contributed by atoms with E-state index in [1.54, 1.807) is 7.05 Å². The third-order valence-electron chi connectivity index (χ3n) is 5.35. The highest BCUT2D eigenvalue weighted by atomic mass is 16.1. The number of carbonyl (C=O) groups excluding carboxylic acids is 1. The first-order chi connectivity index (χ1) is 13.8. The van der Waals surface area contributed by atoms with E-state index in [0.717, 1.165) is 28.2 Å². The Kier molecular flexibility index (Phi) is 3.97. The molecule has 1 fully saturated rings. The number of fused-ring (bicyclic) bond motifs is 2. The maximum atomic E-state index is 11.9. The van der Waals surface area contributed by atoms with Crippen LogP contribution in [0.5, 0.6) is 0 Å². The van der Waals surface area contributed by atoms with Crippen molar-refractivity contribution in [2.24, 2.45) is 4.99 Å². The second-order valence-electron chi connectivity index (χ2n) is 7.22. The van der Waals surface area contributed by atoms with Crippen LogP contribution in [0.25, 0.3) is 0 Å². The maximum Gasteiger partial charge on any atom is 0.251 e. The van der Waals surface area contributed by atoms with Gasteiger partial charge in [0.05, 0.1) is 22.8 Å². The van der Waals surface area contributed by atoms with Crippen LogP contribution >= 0.6 is 0 Å². The smallest absolute Gasteiger partial charge is 0.251 e. The van der Waals surface area contributed by atoms with Gasteiger partial charge in [0, 0.05) is 29.8 Å². The number of aliphatic imine (C=N–C) groups is 1. The molecular formula is C24H21N3O. The molecule has 1 aliphatic heterocycles. The van der Waals surface area contributed by atoms with Crippen LogP contribution in [0, 0.1) is 0 Å². The number of carbonyl (C=O) groups is 1. The zero-order chi connectivity index (χ0) is 19.1. The van der Waals surface area contributed by atoms with E-state index in [9.17, 15) is 4.79 Å². The summed E-state index contributed by atoms with van der Waals surface area (Å²) in [7, 11) is 1.64. The predicted octanol–water partition coefficient (Wildman–Crippen LogP) is 4.83. The number of hydrogen-bond donors (Lipinski definition) is 1. The van der Waals surface area contributed by atoms with Crippen LogP contribution in [-0.4, -0.2) is 24.7 Å². The number of nitrogens with one attached hydrogen (secondary N) is 1. The van der Waals surface area contributed by atoms with Gasteiger partial charge in [0.25, 0.3) is 5.91 Å². The number of anilines is 2. The minimum Gasteiger partial charge on any atom is -0.355 e. The molecule has 0 spiro atoms. The van der Waals surface area contributed by atoms with Crippen LogP contribution in [0.1, 0.15) is 34.3 Å². The molecule has 0 saturated heterocycles. The highest BCUT2D eigenvalue weighted by Crippen LogP contribution is 2.46. The molecule has 1 N–H and O–H groups in total. The number of nitrogens with zero attached hydrogens (tertiary/aromatic N) is 2. The molecule has 1 amide bonds. The molecule has 4 nitrogen and oxygen atoms in total. The molecule has 1 aliphatic carbocycles. The first-order valence-corrected chi connectivity index (χ1v) is 9.65. The lowest BCUT2D eigenvalue weighted by atomic mass is 9.99. The van der Waals surface area contributed by atoms with E-state index < -0.39 is 0 Å². The van der Waals surface area contributed by atoms with Gasteiger partial charge in [-0.3, -0.25) is 4.79 Å². The number of hydrogen-bond acceptors (Lipinski definition) is 3. The number of para-hydroxylation sites is 3. The van der Waals surface area contributed by atoms with Crippen molar-refractivity contribution in [2.45, 2.75) is 18.9 Å². The quantitative estimate of drug-likeness (QED) is 0.721. The standard InChI is InChI=1S/C24H21N3O/c1-25-24(28)17-12-10-16(11-13-17)23-19-6-2-4-8-21(19)27(18-14-15-18)22-9-5-3-7-20(22)26-23/h2-13,18H,14-15H2,1H3,(H,25,28). The van der Waals surface area contributed by atoms with Crippen molar-refractivity contribution in [3.8, 4) is 0 Å². The van der Waals surface area contributed by atoms with Gasteiger partial charge in [-0.05, 0) is 43.2 Å². The van der Waals surface area contributed by atoms with Gasteiger partial charge in [-0.2, -0.15) is 0 Å². The van der Waals surface area contributed by atoms with Crippen molar-refractivity contribution in [3.05, 3.63) is 89.5 Å². The van der Waals surface area contributed by atoms with E-state index in [0.29, 0.717) is 11.6 Å². The molecule has 3 aromatic rings. The molecule has 5 rings (SSSR count). The van der Waals surface area contributed by atoms with E-state index in [1.165, 1.54) is 18.5 Å². The summed E-state index contributed by atoms with van der Waals surface area (Å²) in [5.74, 6) is -0.0833. The van der Waals surface area contributed by atoms with Crippen molar-refractivity contribution >= 4 is 28.7 Å². The third kappa shape index (κ3) is 2.78. The summed E-state index contributed by atoms with van der Waals surface area (Å²) in [5.41, 5.74) is 7.06. The van der Waals surface area contributed by atoms with Crippen LogP contribution in [0.2, 0.25) is 0 Å². The Morgan fingerprint density at radius 2 is 1.61 bits per heavy atom.